The van der Waals surface area contributed by atoms with Crippen molar-refractivity contribution in [3.63, 3.8) is 0 Å². The molecule has 84 valence electrons. The molecule has 0 aliphatic heterocycles. The minimum absolute atomic E-state index is 0.245. The second kappa shape index (κ2) is 4.63. The van der Waals surface area contributed by atoms with E-state index < -0.39 is 18.3 Å². The van der Waals surface area contributed by atoms with Gasteiger partial charge in [0.15, 0.2) is 0 Å². The highest BCUT2D eigenvalue weighted by Gasteiger charge is 2.43. The van der Waals surface area contributed by atoms with E-state index in [4.69, 9.17) is 0 Å². The smallest absolute Gasteiger partial charge is 0.386 e. The molecule has 2 atom stereocenters. The molecule has 0 fully saturated rings. The Balaban J connectivity index is 2.88. The first-order chi connectivity index (χ1) is 6.96. The van der Waals surface area contributed by atoms with Gasteiger partial charge in [-0.3, -0.25) is 0 Å². The van der Waals surface area contributed by atoms with Crippen molar-refractivity contribution >= 4 is 0 Å². The number of nitrogens with one attached hydrogen (secondary N) is 1. The Kier molecular flexibility index (Phi) is 3.71. The number of halogens is 3. The molecular formula is C10H12F3NO. The van der Waals surface area contributed by atoms with Crippen LogP contribution >= 0.6 is 0 Å². The van der Waals surface area contributed by atoms with Crippen molar-refractivity contribution in [3.8, 4) is 0 Å². The monoisotopic (exact) mass is 219 g/mol. The Morgan fingerprint density at radius 1 is 1.20 bits per heavy atom. The highest BCUT2D eigenvalue weighted by Crippen LogP contribution is 2.29. The van der Waals surface area contributed by atoms with Gasteiger partial charge < -0.3 is 10.4 Å². The SMILES string of the molecule is CN[C@@H]([C@@H](O)c1ccccc1)C(F)(F)F. The molecule has 1 aromatic rings. The van der Waals surface area contributed by atoms with Gasteiger partial charge in [-0.15, -0.1) is 0 Å². The molecule has 0 radical (unpaired) electrons. The summed E-state index contributed by atoms with van der Waals surface area (Å²) in [6.45, 7) is 0. The summed E-state index contributed by atoms with van der Waals surface area (Å²) in [5.74, 6) is 0. The Morgan fingerprint density at radius 2 is 1.73 bits per heavy atom. The van der Waals surface area contributed by atoms with Gasteiger partial charge in [0.25, 0.3) is 0 Å². The maximum atomic E-state index is 12.4. The Hall–Kier alpha value is -1.07. The first-order valence-corrected chi connectivity index (χ1v) is 4.44. The van der Waals surface area contributed by atoms with Crippen LogP contribution in [-0.2, 0) is 0 Å². The molecule has 1 rings (SSSR count). The van der Waals surface area contributed by atoms with Crippen molar-refractivity contribution in [1.29, 1.82) is 0 Å². The van der Waals surface area contributed by atoms with Gasteiger partial charge in [0.1, 0.15) is 12.1 Å². The van der Waals surface area contributed by atoms with Gasteiger partial charge in [0.2, 0.25) is 0 Å². The molecule has 0 spiro atoms. The summed E-state index contributed by atoms with van der Waals surface area (Å²) in [6.07, 6.45) is -6.06. The molecule has 0 saturated heterocycles. The van der Waals surface area contributed by atoms with E-state index >= 15 is 0 Å². The first-order valence-electron chi connectivity index (χ1n) is 4.44. The molecule has 15 heavy (non-hydrogen) atoms. The van der Waals surface area contributed by atoms with Crippen LogP contribution in [0, 0.1) is 0 Å². The molecule has 0 aliphatic carbocycles. The van der Waals surface area contributed by atoms with Crippen LogP contribution in [0.15, 0.2) is 30.3 Å². The normalized spacial score (nSPS) is 16.1. The summed E-state index contributed by atoms with van der Waals surface area (Å²) in [5.41, 5.74) is 0.245. The summed E-state index contributed by atoms with van der Waals surface area (Å²) < 4.78 is 37.3. The molecule has 0 bridgehead atoms. The summed E-state index contributed by atoms with van der Waals surface area (Å²) in [7, 11) is 1.17. The zero-order valence-electron chi connectivity index (χ0n) is 8.12. The number of aliphatic hydroxyl groups excluding tert-OH is 1. The van der Waals surface area contributed by atoms with Gasteiger partial charge >= 0.3 is 6.18 Å². The molecule has 0 aromatic heterocycles. The van der Waals surface area contributed by atoms with Crippen LogP contribution in [0.25, 0.3) is 0 Å². The maximum Gasteiger partial charge on any atom is 0.406 e. The van der Waals surface area contributed by atoms with Crippen LogP contribution in [0.2, 0.25) is 0 Å². The van der Waals surface area contributed by atoms with Crippen molar-refractivity contribution in [1.82, 2.24) is 5.32 Å². The van der Waals surface area contributed by atoms with Crippen LogP contribution in [0.4, 0.5) is 13.2 Å². The zero-order chi connectivity index (χ0) is 11.5. The molecule has 2 nitrogen and oxygen atoms in total. The van der Waals surface area contributed by atoms with Crippen LogP contribution < -0.4 is 5.32 Å². The van der Waals surface area contributed by atoms with E-state index in [2.05, 4.69) is 5.32 Å². The van der Waals surface area contributed by atoms with Crippen molar-refractivity contribution < 1.29 is 18.3 Å². The number of benzene rings is 1. The van der Waals surface area contributed by atoms with Gasteiger partial charge in [0.05, 0.1) is 0 Å². The standard InChI is InChI=1S/C10H12F3NO/c1-14-9(10(11,12)13)8(15)7-5-3-2-4-6-7/h2-6,8-9,14-15H,1H3/t8-,9-/m0/s1. The van der Waals surface area contributed by atoms with Crippen molar-refractivity contribution in [2.24, 2.45) is 0 Å². The van der Waals surface area contributed by atoms with E-state index in [1.807, 2.05) is 0 Å². The van der Waals surface area contributed by atoms with Crippen LogP contribution in [0.3, 0.4) is 0 Å². The maximum absolute atomic E-state index is 12.4. The lowest BCUT2D eigenvalue weighted by molar-refractivity contribution is -0.177. The molecule has 2 N–H and O–H groups in total. The fraction of sp³-hybridized carbons (Fsp3) is 0.400. The van der Waals surface area contributed by atoms with Crippen LogP contribution in [0.5, 0.6) is 0 Å². The Morgan fingerprint density at radius 3 is 2.13 bits per heavy atom. The predicted octanol–water partition coefficient (Wildman–Crippen LogP) is 1.87. The third-order valence-electron chi connectivity index (χ3n) is 2.12. The van der Waals surface area contributed by atoms with Crippen molar-refractivity contribution in [3.05, 3.63) is 35.9 Å². The molecule has 0 unspecified atom stereocenters. The summed E-state index contributed by atoms with van der Waals surface area (Å²) in [6, 6.07) is 5.82. The molecule has 0 aliphatic rings. The summed E-state index contributed by atoms with van der Waals surface area (Å²) >= 11 is 0. The van der Waals surface area contributed by atoms with Gasteiger partial charge in [-0.05, 0) is 12.6 Å². The number of hydrogen-bond donors (Lipinski definition) is 2. The number of rotatable bonds is 3. The lowest BCUT2D eigenvalue weighted by Gasteiger charge is -2.24. The van der Waals surface area contributed by atoms with Crippen molar-refractivity contribution in [2.45, 2.75) is 18.3 Å². The predicted molar refractivity (Wildman–Crippen MR) is 50.3 cm³/mol. The van der Waals surface area contributed by atoms with E-state index in [1.165, 1.54) is 19.2 Å². The third kappa shape index (κ3) is 2.94. The Labute approximate surface area is 85.7 Å². The molecule has 0 saturated carbocycles. The molecular weight excluding hydrogens is 207 g/mol. The molecule has 0 amide bonds. The van der Waals surface area contributed by atoms with E-state index in [-0.39, 0.29) is 5.56 Å². The lowest BCUT2D eigenvalue weighted by atomic mass is 10.0. The van der Waals surface area contributed by atoms with E-state index in [9.17, 15) is 18.3 Å². The average molecular weight is 219 g/mol. The van der Waals surface area contributed by atoms with Gasteiger partial charge in [-0.25, -0.2) is 0 Å². The van der Waals surface area contributed by atoms with Crippen LogP contribution in [0.1, 0.15) is 11.7 Å². The second-order valence-electron chi connectivity index (χ2n) is 3.16. The number of hydrogen-bond acceptors (Lipinski definition) is 2. The first kappa shape index (κ1) is 12.0. The number of likely N-dealkylation sites (N-methyl/N-ethyl adjacent to an activating group) is 1. The summed E-state index contributed by atoms with van der Waals surface area (Å²) in [5, 5.41) is 11.6. The number of aliphatic hydroxyl groups is 1. The molecule has 1 aromatic carbocycles. The largest absolute Gasteiger partial charge is 0.406 e. The van der Waals surface area contributed by atoms with Crippen LogP contribution in [-0.4, -0.2) is 24.4 Å². The minimum Gasteiger partial charge on any atom is -0.386 e. The fourth-order valence-electron chi connectivity index (χ4n) is 1.34. The molecule has 0 heterocycles. The summed E-state index contributed by atoms with van der Waals surface area (Å²) in [4.78, 5) is 0. The quantitative estimate of drug-likeness (QED) is 0.813. The topological polar surface area (TPSA) is 32.3 Å². The highest BCUT2D eigenvalue weighted by molar-refractivity contribution is 5.19. The highest BCUT2D eigenvalue weighted by atomic mass is 19.4. The molecule has 5 heteroatoms. The average Bonchev–Trinajstić information content (AvgIpc) is 2.18. The van der Waals surface area contributed by atoms with E-state index in [0.717, 1.165) is 0 Å². The lowest BCUT2D eigenvalue weighted by Crippen LogP contribution is -2.44. The minimum atomic E-state index is -4.47. The second-order valence-corrected chi connectivity index (χ2v) is 3.16. The van der Waals surface area contributed by atoms with E-state index in [0.29, 0.717) is 0 Å². The Bertz CT molecular complexity index is 299. The van der Waals surface area contributed by atoms with Gasteiger partial charge in [0, 0.05) is 0 Å². The zero-order valence-corrected chi connectivity index (χ0v) is 8.12. The number of alkyl halides is 3. The third-order valence-corrected chi connectivity index (χ3v) is 2.12. The van der Waals surface area contributed by atoms with Gasteiger partial charge in [-0.2, -0.15) is 13.2 Å². The van der Waals surface area contributed by atoms with Gasteiger partial charge in [-0.1, -0.05) is 30.3 Å². The fourth-order valence-corrected chi connectivity index (χ4v) is 1.34. The van der Waals surface area contributed by atoms with Crippen molar-refractivity contribution in [2.75, 3.05) is 7.05 Å². The van der Waals surface area contributed by atoms with E-state index in [1.54, 1.807) is 18.2 Å².